The third-order valence-electron chi connectivity index (χ3n) is 2.94. The van der Waals surface area contributed by atoms with E-state index in [4.69, 9.17) is 9.47 Å². The lowest BCUT2D eigenvalue weighted by Crippen LogP contribution is -2.08. The minimum absolute atomic E-state index is 0.362. The molecule has 5 heteroatoms. The van der Waals surface area contributed by atoms with Gasteiger partial charge in [0.05, 0.1) is 19.3 Å². The number of rotatable bonds is 6. The molecule has 0 spiro atoms. The summed E-state index contributed by atoms with van der Waals surface area (Å²) in [6, 6.07) is 9.18. The Hall–Kier alpha value is -2.43. The van der Waals surface area contributed by atoms with E-state index in [-0.39, 0.29) is 5.97 Å². The van der Waals surface area contributed by atoms with E-state index in [0.29, 0.717) is 18.1 Å². The molecule has 21 heavy (non-hydrogen) atoms. The number of aromatic nitrogens is 2. The number of hydrogen-bond acceptors (Lipinski definition) is 5. The lowest BCUT2D eigenvalue weighted by Gasteiger charge is -2.05. The summed E-state index contributed by atoms with van der Waals surface area (Å²) in [7, 11) is 1.53. The molecule has 0 aliphatic carbocycles. The zero-order valence-electron chi connectivity index (χ0n) is 12.2. The molecule has 0 atom stereocenters. The molecule has 0 aliphatic rings. The first-order valence-corrected chi connectivity index (χ1v) is 6.79. The highest BCUT2D eigenvalue weighted by Crippen LogP contribution is 2.08. The zero-order chi connectivity index (χ0) is 15.1. The molecule has 0 bridgehead atoms. The minimum atomic E-state index is -0.373. The maximum Gasteiger partial charge on any atom is 0.339 e. The second-order valence-electron chi connectivity index (χ2n) is 4.60. The fourth-order valence-corrected chi connectivity index (χ4v) is 1.86. The van der Waals surface area contributed by atoms with Crippen LogP contribution in [0.4, 0.5) is 0 Å². The van der Waals surface area contributed by atoms with Crippen LogP contribution in [-0.4, -0.2) is 29.7 Å². The molecule has 2 aromatic heterocycles. The summed E-state index contributed by atoms with van der Waals surface area (Å²) in [5.74, 6) is 0.0967. The third-order valence-corrected chi connectivity index (χ3v) is 2.94. The van der Waals surface area contributed by atoms with Gasteiger partial charge in [0.1, 0.15) is 0 Å². The standard InChI is InChI=1S/C16H18N2O3/c1-12-5-3-6-14(18-12)7-4-10-21-16(19)13-8-9-15(20-2)17-11-13/h3,5-6,8-9,11H,4,7,10H2,1-2H3. The first-order chi connectivity index (χ1) is 10.2. The lowest BCUT2D eigenvalue weighted by atomic mass is 10.2. The number of ether oxygens (including phenoxy) is 2. The SMILES string of the molecule is COc1ccc(C(=O)OCCCc2cccc(C)n2)cn1. The van der Waals surface area contributed by atoms with Crippen molar-refractivity contribution in [3.05, 3.63) is 53.5 Å². The summed E-state index contributed by atoms with van der Waals surface area (Å²) in [4.78, 5) is 20.2. The highest BCUT2D eigenvalue weighted by Gasteiger charge is 2.07. The smallest absolute Gasteiger partial charge is 0.339 e. The van der Waals surface area contributed by atoms with E-state index in [1.807, 2.05) is 25.1 Å². The molecule has 0 aliphatic heterocycles. The molecule has 2 heterocycles. The Bertz CT molecular complexity index is 597. The molecule has 0 N–H and O–H groups in total. The Kier molecular flexibility index (Phi) is 5.26. The molecule has 0 unspecified atom stereocenters. The van der Waals surface area contributed by atoms with Crippen LogP contribution in [0.5, 0.6) is 5.88 Å². The largest absolute Gasteiger partial charge is 0.481 e. The first kappa shape index (κ1) is 15.0. The molecule has 0 fully saturated rings. The molecule has 0 saturated carbocycles. The fraction of sp³-hybridized carbons (Fsp3) is 0.312. The second-order valence-corrected chi connectivity index (χ2v) is 4.60. The zero-order valence-corrected chi connectivity index (χ0v) is 12.2. The van der Waals surface area contributed by atoms with Crippen LogP contribution in [0.1, 0.15) is 28.2 Å². The molecular formula is C16H18N2O3. The van der Waals surface area contributed by atoms with Crippen molar-refractivity contribution in [2.45, 2.75) is 19.8 Å². The van der Waals surface area contributed by atoms with E-state index in [9.17, 15) is 4.79 Å². The summed E-state index contributed by atoms with van der Waals surface area (Å²) in [6.45, 7) is 2.32. The van der Waals surface area contributed by atoms with Gasteiger partial charge in [0, 0.05) is 23.7 Å². The van der Waals surface area contributed by atoms with E-state index in [0.717, 1.165) is 24.2 Å². The van der Waals surface area contributed by atoms with Gasteiger partial charge >= 0.3 is 5.97 Å². The molecule has 0 saturated heterocycles. The Labute approximate surface area is 124 Å². The van der Waals surface area contributed by atoms with Crippen molar-refractivity contribution < 1.29 is 14.3 Å². The van der Waals surface area contributed by atoms with Crippen molar-refractivity contribution in [3.63, 3.8) is 0 Å². The molecule has 5 nitrogen and oxygen atoms in total. The normalized spacial score (nSPS) is 10.2. The number of carbonyl (C=O) groups excluding carboxylic acids is 1. The van der Waals surface area contributed by atoms with Gasteiger partial charge in [-0.2, -0.15) is 0 Å². The molecule has 0 amide bonds. The highest BCUT2D eigenvalue weighted by atomic mass is 16.5. The third kappa shape index (κ3) is 4.56. The molecule has 2 aromatic rings. The molecule has 0 radical (unpaired) electrons. The van der Waals surface area contributed by atoms with E-state index in [2.05, 4.69) is 9.97 Å². The van der Waals surface area contributed by atoms with Crippen molar-refractivity contribution in [1.29, 1.82) is 0 Å². The van der Waals surface area contributed by atoms with Crippen LogP contribution in [0.25, 0.3) is 0 Å². The van der Waals surface area contributed by atoms with Crippen molar-refractivity contribution in [2.24, 2.45) is 0 Å². The van der Waals surface area contributed by atoms with E-state index >= 15 is 0 Å². The predicted octanol–water partition coefficient (Wildman–Crippen LogP) is 2.58. The fourth-order valence-electron chi connectivity index (χ4n) is 1.86. The number of nitrogens with zero attached hydrogens (tertiary/aromatic N) is 2. The molecule has 0 aromatic carbocycles. The number of methoxy groups -OCH3 is 1. The summed E-state index contributed by atoms with van der Waals surface area (Å²) < 4.78 is 10.1. The lowest BCUT2D eigenvalue weighted by molar-refractivity contribution is 0.0500. The first-order valence-electron chi connectivity index (χ1n) is 6.79. The Balaban J connectivity index is 1.76. The Morgan fingerprint density at radius 2 is 2.10 bits per heavy atom. The van der Waals surface area contributed by atoms with E-state index in [1.165, 1.54) is 13.3 Å². The molecule has 110 valence electrons. The highest BCUT2D eigenvalue weighted by molar-refractivity contribution is 5.89. The second kappa shape index (κ2) is 7.38. The average molecular weight is 286 g/mol. The Morgan fingerprint density at radius 1 is 1.24 bits per heavy atom. The minimum Gasteiger partial charge on any atom is -0.481 e. The summed E-state index contributed by atoms with van der Waals surface area (Å²) in [6.07, 6.45) is 2.98. The van der Waals surface area contributed by atoms with Crippen LogP contribution in [0, 0.1) is 6.92 Å². The van der Waals surface area contributed by atoms with Crippen LogP contribution in [0.3, 0.4) is 0 Å². The van der Waals surface area contributed by atoms with Crippen LogP contribution in [-0.2, 0) is 11.2 Å². The van der Waals surface area contributed by atoms with Gasteiger partial charge < -0.3 is 9.47 Å². The van der Waals surface area contributed by atoms with Crippen LogP contribution >= 0.6 is 0 Å². The number of aryl methyl sites for hydroxylation is 2. The maximum atomic E-state index is 11.8. The van der Waals surface area contributed by atoms with Crippen molar-refractivity contribution in [2.75, 3.05) is 13.7 Å². The van der Waals surface area contributed by atoms with Crippen molar-refractivity contribution >= 4 is 5.97 Å². The van der Waals surface area contributed by atoms with Crippen LogP contribution in [0.2, 0.25) is 0 Å². The number of pyridine rings is 2. The van der Waals surface area contributed by atoms with Crippen molar-refractivity contribution in [1.82, 2.24) is 9.97 Å². The van der Waals surface area contributed by atoms with Crippen LogP contribution in [0.15, 0.2) is 36.5 Å². The maximum absolute atomic E-state index is 11.8. The topological polar surface area (TPSA) is 61.3 Å². The molecular weight excluding hydrogens is 268 g/mol. The van der Waals surface area contributed by atoms with Gasteiger partial charge in [0.25, 0.3) is 0 Å². The summed E-state index contributed by atoms with van der Waals surface area (Å²) >= 11 is 0. The summed E-state index contributed by atoms with van der Waals surface area (Å²) in [5, 5.41) is 0. The van der Waals surface area contributed by atoms with Gasteiger partial charge in [-0.25, -0.2) is 9.78 Å². The van der Waals surface area contributed by atoms with Gasteiger partial charge in [-0.15, -0.1) is 0 Å². The number of esters is 1. The van der Waals surface area contributed by atoms with Gasteiger partial charge in [-0.1, -0.05) is 6.07 Å². The number of hydrogen-bond donors (Lipinski definition) is 0. The van der Waals surface area contributed by atoms with Gasteiger partial charge in [0.2, 0.25) is 5.88 Å². The Morgan fingerprint density at radius 3 is 2.76 bits per heavy atom. The average Bonchev–Trinajstić information content (AvgIpc) is 2.51. The van der Waals surface area contributed by atoms with E-state index in [1.54, 1.807) is 12.1 Å². The van der Waals surface area contributed by atoms with E-state index < -0.39 is 0 Å². The van der Waals surface area contributed by atoms with Crippen molar-refractivity contribution in [3.8, 4) is 5.88 Å². The predicted molar refractivity (Wildman–Crippen MR) is 78.4 cm³/mol. The molecule has 2 rings (SSSR count). The van der Waals surface area contributed by atoms with Crippen LogP contribution < -0.4 is 4.74 Å². The van der Waals surface area contributed by atoms with Gasteiger partial charge in [-0.05, 0) is 38.0 Å². The summed E-state index contributed by atoms with van der Waals surface area (Å²) in [5.41, 5.74) is 2.43. The monoisotopic (exact) mass is 286 g/mol. The van der Waals surface area contributed by atoms with Gasteiger partial charge in [-0.3, -0.25) is 4.98 Å². The number of carbonyl (C=O) groups is 1. The quantitative estimate of drug-likeness (QED) is 0.603. The van der Waals surface area contributed by atoms with Gasteiger partial charge in [0.15, 0.2) is 0 Å².